The van der Waals surface area contributed by atoms with Crippen LogP contribution in [0.15, 0.2) is 42.9 Å². The van der Waals surface area contributed by atoms with Crippen LogP contribution in [0.1, 0.15) is 42.7 Å². The summed E-state index contributed by atoms with van der Waals surface area (Å²) in [5.41, 5.74) is 3.10. The molecule has 2 aromatic rings. The molecule has 1 aromatic heterocycles. The van der Waals surface area contributed by atoms with E-state index >= 15 is 0 Å². The average Bonchev–Trinajstić information content (AvgIpc) is 2.40. The fourth-order valence-electron chi connectivity index (χ4n) is 1.86. The summed E-state index contributed by atoms with van der Waals surface area (Å²) in [4.78, 5) is 7.90. The highest BCUT2D eigenvalue weighted by Crippen LogP contribution is 2.19. The van der Waals surface area contributed by atoms with Gasteiger partial charge in [0.15, 0.2) is 0 Å². The maximum Gasteiger partial charge on any atom is 0.115 e. The van der Waals surface area contributed by atoms with Crippen molar-refractivity contribution in [1.82, 2.24) is 9.97 Å². The zero-order chi connectivity index (χ0) is 13.0. The first-order valence-electron chi connectivity index (χ1n) is 6.19. The van der Waals surface area contributed by atoms with E-state index in [2.05, 4.69) is 48.1 Å². The maximum atomic E-state index is 10.1. The standard InChI is InChI=1S/C15H18N2O/c1-11(2)13-5-3-12(4-6-13)9-15(18)14-7-8-16-10-17-14/h3-8,10-11,15,18H,9H2,1-2H3. The summed E-state index contributed by atoms with van der Waals surface area (Å²) in [5.74, 6) is 0.533. The van der Waals surface area contributed by atoms with Crippen molar-refractivity contribution in [2.24, 2.45) is 0 Å². The van der Waals surface area contributed by atoms with Crippen LogP contribution in [0.3, 0.4) is 0 Å². The van der Waals surface area contributed by atoms with Gasteiger partial charge in [-0.05, 0) is 23.1 Å². The van der Waals surface area contributed by atoms with Crippen molar-refractivity contribution in [3.8, 4) is 0 Å². The zero-order valence-electron chi connectivity index (χ0n) is 10.7. The Morgan fingerprint density at radius 2 is 1.83 bits per heavy atom. The fraction of sp³-hybridized carbons (Fsp3) is 0.333. The van der Waals surface area contributed by atoms with Crippen LogP contribution in [0.5, 0.6) is 0 Å². The van der Waals surface area contributed by atoms with Crippen LogP contribution in [0.4, 0.5) is 0 Å². The van der Waals surface area contributed by atoms with E-state index in [0.29, 0.717) is 18.0 Å². The van der Waals surface area contributed by atoms with E-state index in [-0.39, 0.29) is 0 Å². The summed E-state index contributed by atoms with van der Waals surface area (Å²) < 4.78 is 0. The Kier molecular flexibility index (Phi) is 4.05. The van der Waals surface area contributed by atoms with Gasteiger partial charge in [-0.25, -0.2) is 9.97 Å². The van der Waals surface area contributed by atoms with E-state index in [9.17, 15) is 5.11 Å². The number of nitrogens with zero attached hydrogens (tertiary/aromatic N) is 2. The van der Waals surface area contributed by atoms with Crippen molar-refractivity contribution in [3.63, 3.8) is 0 Å². The number of aliphatic hydroxyl groups is 1. The number of aromatic nitrogens is 2. The van der Waals surface area contributed by atoms with Crippen molar-refractivity contribution < 1.29 is 5.11 Å². The van der Waals surface area contributed by atoms with Crippen LogP contribution in [-0.2, 0) is 6.42 Å². The zero-order valence-corrected chi connectivity index (χ0v) is 10.7. The number of hydrogen-bond acceptors (Lipinski definition) is 3. The largest absolute Gasteiger partial charge is 0.386 e. The van der Waals surface area contributed by atoms with Gasteiger partial charge in [-0.1, -0.05) is 38.1 Å². The Labute approximate surface area is 108 Å². The third kappa shape index (κ3) is 3.14. The third-order valence-corrected chi connectivity index (χ3v) is 3.02. The minimum Gasteiger partial charge on any atom is -0.386 e. The summed E-state index contributed by atoms with van der Waals surface area (Å²) >= 11 is 0. The van der Waals surface area contributed by atoms with Crippen LogP contribution in [0, 0.1) is 0 Å². The van der Waals surface area contributed by atoms with E-state index in [0.717, 1.165) is 5.56 Å². The van der Waals surface area contributed by atoms with Gasteiger partial charge in [-0.3, -0.25) is 0 Å². The molecule has 3 heteroatoms. The molecule has 0 aliphatic carbocycles. The predicted octanol–water partition coefficient (Wildman–Crippen LogP) is 2.88. The molecule has 0 aliphatic heterocycles. The molecule has 2 rings (SSSR count). The quantitative estimate of drug-likeness (QED) is 0.896. The summed E-state index contributed by atoms with van der Waals surface area (Å²) in [6, 6.07) is 10.1. The third-order valence-electron chi connectivity index (χ3n) is 3.02. The highest BCUT2D eigenvalue weighted by atomic mass is 16.3. The van der Waals surface area contributed by atoms with Crippen LogP contribution in [0.25, 0.3) is 0 Å². The van der Waals surface area contributed by atoms with Gasteiger partial charge in [-0.2, -0.15) is 0 Å². The highest BCUT2D eigenvalue weighted by molar-refractivity contribution is 5.25. The van der Waals surface area contributed by atoms with Crippen LogP contribution >= 0.6 is 0 Å². The molecule has 1 atom stereocenters. The second-order valence-electron chi connectivity index (χ2n) is 4.75. The molecule has 0 saturated heterocycles. The lowest BCUT2D eigenvalue weighted by Gasteiger charge is -2.11. The normalized spacial score (nSPS) is 12.7. The molecule has 0 aliphatic rings. The first kappa shape index (κ1) is 12.7. The Hall–Kier alpha value is -1.74. The minimum absolute atomic E-state index is 0.533. The number of rotatable bonds is 4. The van der Waals surface area contributed by atoms with Crippen molar-refractivity contribution in [3.05, 3.63) is 59.7 Å². The van der Waals surface area contributed by atoms with Gasteiger partial charge >= 0.3 is 0 Å². The molecule has 94 valence electrons. The molecule has 1 unspecified atom stereocenters. The summed E-state index contributed by atoms with van der Waals surface area (Å²) in [5, 5.41) is 10.1. The van der Waals surface area contributed by atoms with E-state index in [1.807, 2.05) is 0 Å². The molecule has 0 fully saturated rings. The molecule has 0 spiro atoms. The Morgan fingerprint density at radius 3 is 2.39 bits per heavy atom. The van der Waals surface area contributed by atoms with E-state index < -0.39 is 6.10 Å². The first-order valence-corrected chi connectivity index (χ1v) is 6.19. The molecule has 0 saturated carbocycles. The van der Waals surface area contributed by atoms with Crippen molar-refractivity contribution >= 4 is 0 Å². The van der Waals surface area contributed by atoms with Crippen LogP contribution in [-0.4, -0.2) is 15.1 Å². The van der Waals surface area contributed by atoms with Crippen LogP contribution in [0.2, 0.25) is 0 Å². The van der Waals surface area contributed by atoms with E-state index in [1.165, 1.54) is 11.9 Å². The van der Waals surface area contributed by atoms with Gasteiger partial charge in [0.25, 0.3) is 0 Å². The monoisotopic (exact) mass is 242 g/mol. The predicted molar refractivity (Wildman–Crippen MR) is 71.2 cm³/mol. The molecule has 0 bridgehead atoms. The van der Waals surface area contributed by atoms with Gasteiger partial charge < -0.3 is 5.11 Å². The van der Waals surface area contributed by atoms with Gasteiger partial charge in [0.2, 0.25) is 0 Å². The topological polar surface area (TPSA) is 46.0 Å². The average molecular weight is 242 g/mol. The second-order valence-corrected chi connectivity index (χ2v) is 4.75. The van der Waals surface area contributed by atoms with E-state index in [4.69, 9.17) is 0 Å². The minimum atomic E-state index is -0.571. The first-order chi connectivity index (χ1) is 8.66. The summed E-state index contributed by atoms with van der Waals surface area (Å²) in [6.45, 7) is 4.34. The number of aliphatic hydroxyl groups excluding tert-OH is 1. The number of benzene rings is 1. The van der Waals surface area contributed by atoms with E-state index in [1.54, 1.807) is 12.3 Å². The highest BCUT2D eigenvalue weighted by Gasteiger charge is 2.09. The lowest BCUT2D eigenvalue weighted by atomic mass is 9.99. The molecule has 18 heavy (non-hydrogen) atoms. The summed E-state index contributed by atoms with van der Waals surface area (Å²) in [7, 11) is 0. The lowest BCUT2D eigenvalue weighted by Crippen LogP contribution is -2.04. The van der Waals surface area contributed by atoms with Gasteiger partial charge in [0.1, 0.15) is 12.4 Å². The summed E-state index contributed by atoms with van der Waals surface area (Å²) in [6.07, 6.45) is 3.11. The molecule has 0 radical (unpaired) electrons. The lowest BCUT2D eigenvalue weighted by molar-refractivity contribution is 0.173. The molecular weight excluding hydrogens is 224 g/mol. The molecular formula is C15H18N2O. The molecule has 1 N–H and O–H groups in total. The molecule has 3 nitrogen and oxygen atoms in total. The van der Waals surface area contributed by atoms with Gasteiger partial charge in [0.05, 0.1) is 5.69 Å². The Morgan fingerprint density at radius 1 is 1.11 bits per heavy atom. The second kappa shape index (κ2) is 5.74. The molecule has 0 amide bonds. The van der Waals surface area contributed by atoms with Gasteiger partial charge in [-0.15, -0.1) is 0 Å². The maximum absolute atomic E-state index is 10.1. The van der Waals surface area contributed by atoms with Crippen molar-refractivity contribution in [2.45, 2.75) is 32.3 Å². The van der Waals surface area contributed by atoms with Crippen molar-refractivity contribution in [2.75, 3.05) is 0 Å². The van der Waals surface area contributed by atoms with Gasteiger partial charge in [0, 0.05) is 12.6 Å². The van der Waals surface area contributed by atoms with Crippen molar-refractivity contribution in [1.29, 1.82) is 0 Å². The Bertz CT molecular complexity index is 480. The Balaban J connectivity index is 2.05. The molecule has 1 heterocycles. The SMILES string of the molecule is CC(C)c1ccc(CC(O)c2ccncn2)cc1. The fourth-order valence-corrected chi connectivity index (χ4v) is 1.86. The number of hydrogen-bond donors (Lipinski definition) is 1. The van der Waals surface area contributed by atoms with Crippen LogP contribution < -0.4 is 0 Å². The molecule has 1 aromatic carbocycles. The smallest absolute Gasteiger partial charge is 0.115 e.